The van der Waals surface area contributed by atoms with Crippen molar-refractivity contribution in [2.45, 2.75) is 83.5 Å². The summed E-state index contributed by atoms with van der Waals surface area (Å²) in [5, 5.41) is 9.58. The van der Waals surface area contributed by atoms with E-state index < -0.39 is 14.4 Å². The van der Waals surface area contributed by atoms with E-state index in [2.05, 4.69) is 53.9 Å². The van der Waals surface area contributed by atoms with Crippen LogP contribution in [0.5, 0.6) is 0 Å². The molecule has 118 valence electrons. The van der Waals surface area contributed by atoms with Crippen LogP contribution in [-0.2, 0) is 4.43 Å². The van der Waals surface area contributed by atoms with Crippen molar-refractivity contribution < 1.29 is 9.53 Å². The van der Waals surface area contributed by atoms with Gasteiger partial charge in [-0.2, -0.15) is 0 Å². The fourth-order valence-corrected chi connectivity index (χ4v) is 8.92. The molecule has 0 aliphatic heterocycles. The summed E-state index contributed by atoms with van der Waals surface area (Å²) < 4.78 is 6.47. The molecule has 0 spiro atoms. The Morgan fingerprint density at radius 2 is 1.55 bits per heavy atom. The van der Waals surface area contributed by atoms with Crippen LogP contribution in [0.1, 0.15) is 60.8 Å². The molecule has 0 saturated heterocycles. The average molecular weight is 299 g/mol. The van der Waals surface area contributed by atoms with Crippen molar-refractivity contribution in [2.75, 3.05) is 6.61 Å². The summed E-state index contributed by atoms with van der Waals surface area (Å²) in [6.45, 7) is 18.2. The highest BCUT2D eigenvalue weighted by Gasteiger charge is 2.44. The van der Waals surface area contributed by atoms with Crippen molar-refractivity contribution in [2.24, 2.45) is 0 Å². The number of aliphatic hydroxyl groups excluding tert-OH is 1. The van der Waals surface area contributed by atoms with E-state index in [1.54, 1.807) is 6.08 Å². The molecule has 0 aromatic heterocycles. The summed E-state index contributed by atoms with van der Waals surface area (Å²) in [6.07, 6.45) is 3.98. The molecule has 0 rings (SSSR count). The minimum absolute atomic E-state index is 0.408. The van der Waals surface area contributed by atoms with Crippen molar-refractivity contribution in [3.05, 3.63) is 18.4 Å². The molecule has 1 atom stereocenters. The van der Waals surface area contributed by atoms with Crippen molar-refractivity contribution in [1.82, 2.24) is 0 Å². The van der Waals surface area contributed by atoms with Gasteiger partial charge >= 0.3 is 0 Å². The molecule has 0 bridgehead atoms. The van der Waals surface area contributed by atoms with E-state index in [1.807, 2.05) is 0 Å². The normalized spacial score (nSPS) is 13.9. The Labute approximate surface area is 127 Å². The monoisotopic (exact) mass is 298 g/mol. The fourth-order valence-electron chi connectivity index (χ4n) is 3.42. The highest BCUT2D eigenvalue weighted by molar-refractivity contribution is 6.77. The first kappa shape index (κ1) is 19.7. The maximum absolute atomic E-state index is 9.58. The van der Waals surface area contributed by atoms with E-state index >= 15 is 0 Å². The lowest BCUT2D eigenvalue weighted by molar-refractivity contribution is 0.200. The minimum atomic E-state index is -1.71. The van der Waals surface area contributed by atoms with Crippen LogP contribution in [0.4, 0.5) is 0 Å². The van der Waals surface area contributed by atoms with Gasteiger partial charge in [0.05, 0.1) is 6.10 Å². The van der Waals surface area contributed by atoms with E-state index in [9.17, 15) is 5.11 Å². The molecule has 0 aromatic rings. The summed E-state index contributed by atoms with van der Waals surface area (Å²) in [5.74, 6) is 0. The minimum Gasteiger partial charge on any atom is -0.416 e. The average Bonchev–Trinajstić information content (AvgIpc) is 2.32. The van der Waals surface area contributed by atoms with Gasteiger partial charge in [-0.25, -0.2) is 0 Å². The Bertz CT molecular complexity index is 282. The van der Waals surface area contributed by atoms with E-state index in [4.69, 9.17) is 4.43 Å². The third-order valence-electron chi connectivity index (χ3n) is 4.26. The van der Waals surface area contributed by atoms with Crippen molar-refractivity contribution in [3.63, 3.8) is 0 Å². The molecule has 20 heavy (non-hydrogen) atoms. The second-order valence-corrected chi connectivity index (χ2v) is 12.1. The Balaban J connectivity index is 4.32. The molecule has 0 aromatic carbocycles. The summed E-state index contributed by atoms with van der Waals surface area (Å²) in [7, 11) is -1.71. The maximum Gasteiger partial charge on any atom is 0.200 e. The topological polar surface area (TPSA) is 29.5 Å². The van der Waals surface area contributed by atoms with Crippen molar-refractivity contribution in [1.29, 1.82) is 0 Å². The van der Waals surface area contributed by atoms with Gasteiger partial charge in [0.1, 0.15) is 0 Å². The third kappa shape index (κ3) is 5.57. The first-order chi connectivity index (χ1) is 9.28. The molecule has 0 amide bonds. The van der Waals surface area contributed by atoms with Gasteiger partial charge in [-0.15, -0.1) is 5.73 Å². The molecular weight excluding hydrogens is 264 g/mol. The van der Waals surface area contributed by atoms with Gasteiger partial charge in [0.25, 0.3) is 0 Å². The van der Waals surface area contributed by atoms with Gasteiger partial charge in [-0.1, -0.05) is 48.1 Å². The number of unbranched alkanes of at least 4 members (excludes halogenated alkanes) is 1. The van der Waals surface area contributed by atoms with Crippen LogP contribution >= 0.6 is 0 Å². The summed E-state index contributed by atoms with van der Waals surface area (Å²) in [4.78, 5) is 0. The van der Waals surface area contributed by atoms with E-state index in [1.165, 1.54) is 0 Å². The van der Waals surface area contributed by atoms with Crippen molar-refractivity contribution in [3.8, 4) is 0 Å². The molecule has 1 N–H and O–H groups in total. The predicted octanol–water partition coefficient (Wildman–Crippen LogP) is 5.05. The number of hydrogen-bond donors (Lipinski definition) is 1. The Morgan fingerprint density at radius 1 is 1.05 bits per heavy atom. The van der Waals surface area contributed by atoms with E-state index in [0.717, 1.165) is 25.9 Å². The van der Waals surface area contributed by atoms with Gasteiger partial charge in [-0.05, 0) is 42.0 Å². The molecule has 1 unspecified atom stereocenters. The quantitative estimate of drug-likeness (QED) is 0.347. The zero-order valence-electron chi connectivity index (χ0n) is 14.3. The standard InChI is InChI=1S/C17H34O2Si/c1-8-11-17(18)12-9-10-13-19-20(14(2)3,15(4)5)16(6)7/h11,14-18H,1,9-10,12-13H2,2-7H3. The molecule has 0 fully saturated rings. The van der Waals surface area contributed by atoms with Gasteiger partial charge < -0.3 is 9.53 Å². The first-order valence-electron chi connectivity index (χ1n) is 7.96. The Hall–Kier alpha value is -0.343. The number of hydrogen-bond acceptors (Lipinski definition) is 2. The fraction of sp³-hybridized carbons (Fsp3) is 0.824. The molecule has 0 radical (unpaired) electrons. The lowest BCUT2D eigenvalue weighted by Gasteiger charge is -2.42. The number of aliphatic hydroxyl groups is 1. The maximum atomic E-state index is 9.58. The molecule has 0 aliphatic rings. The van der Waals surface area contributed by atoms with Crippen LogP contribution in [0.25, 0.3) is 0 Å². The second-order valence-electron chi connectivity index (χ2n) is 6.60. The van der Waals surface area contributed by atoms with E-state index in [-0.39, 0.29) is 0 Å². The molecule has 0 aliphatic carbocycles. The first-order valence-corrected chi connectivity index (χ1v) is 10.1. The van der Waals surface area contributed by atoms with Gasteiger partial charge in [0.15, 0.2) is 8.32 Å². The summed E-state index contributed by atoms with van der Waals surface area (Å²) in [6, 6.07) is 0. The highest BCUT2D eigenvalue weighted by atomic mass is 28.4. The summed E-state index contributed by atoms with van der Waals surface area (Å²) >= 11 is 0. The highest BCUT2D eigenvalue weighted by Crippen LogP contribution is 2.42. The predicted molar refractivity (Wildman–Crippen MR) is 90.6 cm³/mol. The van der Waals surface area contributed by atoms with Crippen LogP contribution in [0.2, 0.25) is 16.6 Å². The molecule has 0 heterocycles. The zero-order valence-corrected chi connectivity index (χ0v) is 15.3. The lowest BCUT2D eigenvalue weighted by Crippen LogP contribution is -2.47. The smallest absolute Gasteiger partial charge is 0.200 e. The lowest BCUT2D eigenvalue weighted by atomic mass is 10.1. The van der Waals surface area contributed by atoms with Crippen LogP contribution in [0, 0.1) is 0 Å². The van der Waals surface area contributed by atoms with Crippen LogP contribution in [0.3, 0.4) is 0 Å². The van der Waals surface area contributed by atoms with Crippen molar-refractivity contribution >= 4 is 8.32 Å². The zero-order chi connectivity index (χ0) is 15.8. The van der Waals surface area contributed by atoms with E-state index in [0.29, 0.717) is 16.6 Å². The second kappa shape index (κ2) is 9.57. The van der Waals surface area contributed by atoms with Crippen LogP contribution in [-0.4, -0.2) is 26.1 Å². The van der Waals surface area contributed by atoms with Gasteiger partial charge in [0, 0.05) is 6.61 Å². The van der Waals surface area contributed by atoms with Gasteiger partial charge in [-0.3, -0.25) is 0 Å². The molecule has 0 saturated carbocycles. The Kier molecular flexibility index (Phi) is 9.40. The Morgan fingerprint density at radius 3 is 1.95 bits per heavy atom. The summed E-state index contributed by atoms with van der Waals surface area (Å²) in [5.41, 5.74) is 4.54. The van der Waals surface area contributed by atoms with Crippen LogP contribution in [0.15, 0.2) is 18.4 Å². The number of rotatable bonds is 10. The van der Waals surface area contributed by atoms with Gasteiger partial charge in [0.2, 0.25) is 0 Å². The molecular formula is C17H34O2Si. The molecule has 3 heteroatoms. The van der Waals surface area contributed by atoms with Crippen LogP contribution < -0.4 is 0 Å². The molecule has 2 nitrogen and oxygen atoms in total. The SMILES string of the molecule is C=C=CC(O)CCCCO[Si](C(C)C)(C(C)C)C(C)C. The third-order valence-corrected chi connectivity index (χ3v) is 10.4. The largest absolute Gasteiger partial charge is 0.416 e.